The van der Waals surface area contributed by atoms with Gasteiger partial charge in [-0.3, -0.25) is 0 Å². The van der Waals surface area contributed by atoms with Gasteiger partial charge < -0.3 is 15.2 Å². The van der Waals surface area contributed by atoms with Crippen LogP contribution in [0.2, 0.25) is 5.02 Å². The van der Waals surface area contributed by atoms with E-state index in [1.165, 1.54) is 12.0 Å². The molecule has 0 aliphatic rings. The predicted molar refractivity (Wildman–Crippen MR) is 79.4 cm³/mol. The Balaban J connectivity index is 1.90. The summed E-state index contributed by atoms with van der Waals surface area (Å²) >= 11 is 7.73. The molecule has 19 heavy (non-hydrogen) atoms. The smallest absolute Gasteiger partial charge is 0.162 e. The van der Waals surface area contributed by atoms with Crippen LogP contribution in [-0.2, 0) is 13.0 Å². The van der Waals surface area contributed by atoms with Crippen LogP contribution in [0.4, 0.5) is 0 Å². The van der Waals surface area contributed by atoms with Gasteiger partial charge in [-0.15, -0.1) is 11.3 Å². The molecule has 5 heteroatoms. The Kier molecular flexibility index (Phi) is 5.07. The lowest BCUT2D eigenvalue weighted by molar-refractivity contribution is 0.369. The highest BCUT2D eigenvalue weighted by molar-refractivity contribution is 7.09. The quantitative estimate of drug-likeness (QED) is 0.803. The van der Waals surface area contributed by atoms with Crippen LogP contribution in [0.1, 0.15) is 10.4 Å². The van der Waals surface area contributed by atoms with Crippen molar-refractivity contribution in [2.75, 3.05) is 13.7 Å². The summed E-state index contributed by atoms with van der Waals surface area (Å²) in [6.07, 6.45) is 0.982. The number of halogens is 1. The number of thiophene rings is 1. The molecule has 0 radical (unpaired) electrons. The minimum atomic E-state index is 0.149. The molecule has 0 unspecified atom stereocenters. The molecule has 0 atom stereocenters. The van der Waals surface area contributed by atoms with Crippen LogP contribution >= 0.6 is 22.9 Å². The number of phenols is 1. The topological polar surface area (TPSA) is 41.5 Å². The van der Waals surface area contributed by atoms with E-state index in [9.17, 15) is 5.11 Å². The zero-order chi connectivity index (χ0) is 13.7. The predicted octanol–water partition coefficient (Wildman–Crippen LogP) is 3.45. The molecular formula is C14H16ClNO2S. The van der Waals surface area contributed by atoms with Crippen LogP contribution in [0.25, 0.3) is 0 Å². The van der Waals surface area contributed by atoms with Crippen LogP contribution in [-0.4, -0.2) is 18.8 Å². The number of hydrogen-bond donors (Lipinski definition) is 2. The molecule has 0 saturated carbocycles. The molecule has 0 bridgehead atoms. The van der Waals surface area contributed by atoms with Gasteiger partial charge in [0.25, 0.3) is 0 Å². The van der Waals surface area contributed by atoms with E-state index >= 15 is 0 Å². The highest BCUT2D eigenvalue weighted by Gasteiger charge is 2.09. The number of hydrogen-bond acceptors (Lipinski definition) is 4. The molecule has 3 nitrogen and oxygen atoms in total. The van der Waals surface area contributed by atoms with E-state index < -0.39 is 0 Å². The number of ether oxygens (including phenoxy) is 1. The van der Waals surface area contributed by atoms with E-state index in [2.05, 4.69) is 16.8 Å². The Morgan fingerprint density at radius 3 is 2.95 bits per heavy atom. The fourth-order valence-corrected chi connectivity index (χ4v) is 2.75. The fourth-order valence-electron chi connectivity index (χ4n) is 1.81. The maximum absolute atomic E-state index is 9.97. The van der Waals surface area contributed by atoms with Crippen LogP contribution in [0.5, 0.6) is 11.5 Å². The highest BCUT2D eigenvalue weighted by atomic mass is 35.5. The Morgan fingerprint density at radius 2 is 2.26 bits per heavy atom. The third-order valence-electron chi connectivity index (χ3n) is 2.78. The molecule has 2 N–H and O–H groups in total. The van der Waals surface area contributed by atoms with Gasteiger partial charge in [0.15, 0.2) is 11.5 Å². The Labute approximate surface area is 121 Å². The van der Waals surface area contributed by atoms with Gasteiger partial charge in [0, 0.05) is 34.6 Å². The zero-order valence-electron chi connectivity index (χ0n) is 10.6. The van der Waals surface area contributed by atoms with Gasteiger partial charge in [-0.05, 0) is 23.9 Å². The van der Waals surface area contributed by atoms with Gasteiger partial charge in [-0.2, -0.15) is 0 Å². The van der Waals surface area contributed by atoms with Crippen LogP contribution in [0, 0.1) is 0 Å². The second-order valence-corrected chi connectivity index (χ2v) is 5.59. The molecule has 2 aromatic rings. The number of nitrogens with one attached hydrogen (secondary N) is 1. The second kappa shape index (κ2) is 6.80. The summed E-state index contributed by atoms with van der Waals surface area (Å²) in [7, 11) is 1.51. The Bertz CT molecular complexity index is 528. The van der Waals surface area contributed by atoms with Gasteiger partial charge >= 0.3 is 0 Å². The molecule has 0 amide bonds. The first-order valence-electron chi connectivity index (χ1n) is 5.99. The normalized spacial score (nSPS) is 10.6. The van der Waals surface area contributed by atoms with E-state index in [0.717, 1.165) is 18.5 Å². The molecule has 1 aromatic heterocycles. The summed E-state index contributed by atoms with van der Waals surface area (Å²) in [6, 6.07) is 7.52. The van der Waals surface area contributed by atoms with Crippen LogP contribution < -0.4 is 10.1 Å². The third-order valence-corrected chi connectivity index (χ3v) is 3.94. The number of benzene rings is 1. The molecule has 1 heterocycles. The second-order valence-electron chi connectivity index (χ2n) is 4.12. The summed E-state index contributed by atoms with van der Waals surface area (Å²) in [4.78, 5) is 1.35. The lowest BCUT2D eigenvalue weighted by Crippen LogP contribution is -2.16. The third kappa shape index (κ3) is 3.86. The largest absolute Gasteiger partial charge is 0.504 e. The van der Waals surface area contributed by atoms with Gasteiger partial charge in [0.1, 0.15) is 0 Å². The molecule has 102 valence electrons. The van der Waals surface area contributed by atoms with Crippen LogP contribution in [0.3, 0.4) is 0 Å². The molecule has 0 aliphatic carbocycles. The van der Waals surface area contributed by atoms with Gasteiger partial charge in [-0.1, -0.05) is 17.7 Å². The lowest BCUT2D eigenvalue weighted by atomic mass is 10.2. The van der Waals surface area contributed by atoms with Gasteiger partial charge in [-0.25, -0.2) is 0 Å². The van der Waals surface area contributed by atoms with Crippen molar-refractivity contribution in [2.24, 2.45) is 0 Å². The SMILES string of the molecule is COc1cc(Cl)cc(CNCCc2cccs2)c1O. The van der Waals surface area contributed by atoms with Crippen molar-refractivity contribution in [1.82, 2.24) is 5.32 Å². The van der Waals surface area contributed by atoms with Crippen molar-refractivity contribution in [3.8, 4) is 11.5 Å². The highest BCUT2D eigenvalue weighted by Crippen LogP contribution is 2.33. The average molecular weight is 298 g/mol. The summed E-state index contributed by atoms with van der Waals surface area (Å²) in [5, 5.41) is 15.9. The molecule has 0 spiro atoms. The van der Waals surface area contributed by atoms with E-state index in [4.69, 9.17) is 16.3 Å². The van der Waals surface area contributed by atoms with E-state index in [-0.39, 0.29) is 5.75 Å². The van der Waals surface area contributed by atoms with E-state index in [1.54, 1.807) is 23.5 Å². The number of phenolic OH excluding ortho intramolecular Hbond substituents is 1. The summed E-state index contributed by atoms with van der Waals surface area (Å²) < 4.78 is 5.07. The molecule has 2 rings (SSSR count). The first-order valence-corrected chi connectivity index (χ1v) is 7.25. The number of aromatic hydroxyl groups is 1. The zero-order valence-corrected chi connectivity index (χ0v) is 12.2. The molecule has 0 saturated heterocycles. The number of methoxy groups -OCH3 is 1. The van der Waals surface area contributed by atoms with Crippen molar-refractivity contribution in [3.05, 3.63) is 45.1 Å². The molecule has 0 fully saturated rings. The maximum atomic E-state index is 9.97. The monoisotopic (exact) mass is 297 g/mol. The van der Waals surface area contributed by atoms with Crippen molar-refractivity contribution >= 4 is 22.9 Å². The van der Waals surface area contributed by atoms with Crippen LogP contribution in [0.15, 0.2) is 29.6 Å². The van der Waals surface area contributed by atoms with Crippen molar-refractivity contribution < 1.29 is 9.84 Å². The first kappa shape index (κ1) is 14.2. The molecular weight excluding hydrogens is 282 g/mol. The van der Waals surface area contributed by atoms with Gasteiger partial charge in [0.2, 0.25) is 0 Å². The van der Waals surface area contributed by atoms with Crippen molar-refractivity contribution in [2.45, 2.75) is 13.0 Å². The summed E-state index contributed by atoms with van der Waals surface area (Å²) in [5.41, 5.74) is 0.746. The van der Waals surface area contributed by atoms with Gasteiger partial charge in [0.05, 0.1) is 7.11 Å². The van der Waals surface area contributed by atoms with Crippen molar-refractivity contribution in [3.63, 3.8) is 0 Å². The average Bonchev–Trinajstić information content (AvgIpc) is 2.91. The van der Waals surface area contributed by atoms with E-state index in [0.29, 0.717) is 17.3 Å². The molecule has 1 aromatic carbocycles. The summed E-state index contributed by atoms with van der Waals surface area (Å²) in [6.45, 7) is 1.42. The summed E-state index contributed by atoms with van der Waals surface area (Å²) in [5.74, 6) is 0.554. The van der Waals surface area contributed by atoms with Crippen molar-refractivity contribution in [1.29, 1.82) is 0 Å². The van der Waals surface area contributed by atoms with E-state index in [1.807, 2.05) is 6.07 Å². The molecule has 0 aliphatic heterocycles. The lowest BCUT2D eigenvalue weighted by Gasteiger charge is -2.10. The first-order chi connectivity index (χ1) is 9.20. The Hall–Kier alpha value is -1.23. The Morgan fingerprint density at radius 1 is 1.42 bits per heavy atom. The maximum Gasteiger partial charge on any atom is 0.162 e. The standard InChI is InChI=1S/C14H16ClNO2S/c1-18-13-8-11(15)7-10(14(13)17)9-16-5-4-12-3-2-6-19-12/h2-3,6-8,16-17H,4-5,9H2,1H3. The minimum Gasteiger partial charge on any atom is -0.504 e. The fraction of sp³-hybridized carbons (Fsp3) is 0.286. The number of rotatable bonds is 6. The minimum absolute atomic E-state index is 0.149.